The van der Waals surface area contributed by atoms with Crippen molar-refractivity contribution in [2.24, 2.45) is 5.92 Å². The molecule has 0 radical (unpaired) electrons. The van der Waals surface area contributed by atoms with Crippen LogP contribution in [-0.2, 0) is 14.3 Å². The molecular formula is C17H31N3O4. The van der Waals surface area contributed by atoms with Gasteiger partial charge in [-0.2, -0.15) is 0 Å². The van der Waals surface area contributed by atoms with Gasteiger partial charge in [-0.15, -0.1) is 0 Å². The Morgan fingerprint density at radius 3 is 2.21 bits per heavy atom. The van der Waals surface area contributed by atoms with Gasteiger partial charge in [-0.3, -0.25) is 9.59 Å². The first-order chi connectivity index (χ1) is 11.3. The van der Waals surface area contributed by atoms with Crippen molar-refractivity contribution in [3.8, 4) is 0 Å². The van der Waals surface area contributed by atoms with Crippen LogP contribution in [-0.4, -0.2) is 43.1 Å². The molecule has 7 heteroatoms. The molecule has 1 aliphatic carbocycles. The van der Waals surface area contributed by atoms with Gasteiger partial charge in [0, 0.05) is 19.0 Å². The van der Waals surface area contributed by atoms with Crippen LogP contribution in [0.5, 0.6) is 0 Å². The number of hydrogen-bond donors (Lipinski definition) is 3. The highest BCUT2D eigenvalue weighted by Crippen LogP contribution is 2.23. The Hall–Kier alpha value is -1.79. The lowest BCUT2D eigenvalue weighted by molar-refractivity contribution is -0.125. The molecule has 7 nitrogen and oxygen atoms in total. The Balaban J connectivity index is 2.03. The summed E-state index contributed by atoms with van der Waals surface area (Å²) in [5.74, 6) is 0.0125. The third kappa shape index (κ3) is 9.37. The van der Waals surface area contributed by atoms with Crippen molar-refractivity contribution in [2.75, 3.05) is 19.6 Å². The van der Waals surface area contributed by atoms with E-state index in [-0.39, 0.29) is 24.3 Å². The normalized spacial score (nSPS) is 15.5. The van der Waals surface area contributed by atoms with Gasteiger partial charge in [-0.25, -0.2) is 4.79 Å². The van der Waals surface area contributed by atoms with Crippen molar-refractivity contribution in [3.63, 3.8) is 0 Å². The molecule has 0 spiro atoms. The first-order valence-corrected chi connectivity index (χ1v) is 8.79. The summed E-state index contributed by atoms with van der Waals surface area (Å²) in [7, 11) is 0. The van der Waals surface area contributed by atoms with E-state index in [1.807, 2.05) is 0 Å². The van der Waals surface area contributed by atoms with Crippen LogP contribution in [0.3, 0.4) is 0 Å². The fourth-order valence-electron chi connectivity index (χ4n) is 2.57. The van der Waals surface area contributed by atoms with Crippen LogP contribution in [0.4, 0.5) is 4.79 Å². The molecule has 0 unspecified atom stereocenters. The molecule has 0 bridgehead atoms. The number of amides is 3. The van der Waals surface area contributed by atoms with E-state index in [0.29, 0.717) is 19.5 Å². The minimum absolute atomic E-state index is 0.122. The molecule has 0 aromatic heterocycles. The van der Waals surface area contributed by atoms with E-state index in [9.17, 15) is 14.4 Å². The average molecular weight is 341 g/mol. The van der Waals surface area contributed by atoms with Gasteiger partial charge in [0.2, 0.25) is 11.8 Å². The highest BCUT2D eigenvalue weighted by Gasteiger charge is 2.20. The van der Waals surface area contributed by atoms with Gasteiger partial charge < -0.3 is 20.7 Å². The molecule has 138 valence electrons. The Labute approximate surface area is 144 Å². The second kappa shape index (κ2) is 10.2. The fourth-order valence-corrected chi connectivity index (χ4v) is 2.57. The molecule has 24 heavy (non-hydrogen) atoms. The van der Waals surface area contributed by atoms with Crippen molar-refractivity contribution in [2.45, 2.75) is 64.9 Å². The topological polar surface area (TPSA) is 96.5 Å². The first-order valence-electron chi connectivity index (χ1n) is 8.79. The number of hydrogen-bond acceptors (Lipinski definition) is 4. The van der Waals surface area contributed by atoms with Crippen molar-refractivity contribution in [1.29, 1.82) is 0 Å². The maximum atomic E-state index is 11.9. The van der Waals surface area contributed by atoms with Crippen LogP contribution >= 0.6 is 0 Å². The molecule has 1 aliphatic rings. The van der Waals surface area contributed by atoms with Crippen LogP contribution < -0.4 is 16.0 Å². The maximum Gasteiger partial charge on any atom is 0.408 e. The molecule has 1 fully saturated rings. The largest absolute Gasteiger partial charge is 0.444 e. The number of rotatable bonds is 7. The fraction of sp³-hybridized carbons (Fsp3) is 0.824. The smallest absolute Gasteiger partial charge is 0.408 e. The molecule has 1 rings (SSSR count). The summed E-state index contributed by atoms with van der Waals surface area (Å²) in [5.41, 5.74) is -0.586. The molecule has 0 saturated heterocycles. The highest BCUT2D eigenvalue weighted by molar-refractivity contribution is 5.82. The van der Waals surface area contributed by atoms with E-state index in [2.05, 4.69) is 16.0 Å². The summed E-state index contributed by atoms with van der Waals surface area (Å²) in [4.78, 5) is 34.9. The van der Waals surface area contributed by atoms with Crippen molar-refractivity contribution in [1.82, 2.24) is 16.0 Å². The lowest BCUT2D eigenvalue weighted by Gasteiger charge is -2.20. The van der Waals surface area contributed by atoms with E-state index in [0.717, 1.165) is 25.7 Å². The summed E-state index contributed by atoms with van der Waals surface area (Å²) < 4.78 is 5.04. The second-order valence-electron chi connectivity index (χ2n) is 7.18. The van der Waals surface area contributed by atoms with Crippen LogP contribution in [0.15, 0.2) is 0 Å². The summed E-state index contributed by atoms with van der Waals surface area (Å²) in [6, 6.07) is 0. The van der Waals surface area contributed by atoms with Gasteiger partial charge in [0.25, 0.3) is 0 Å². The summed E-state index contributed by atoms with van der Waals surface area (Å²) in [6.45, 7) is 6.16. The van der Waals surface area contributed by atoms with E-state index in [1.165, 1.54) is 6.42 Å². The van der Waals surface area contributed by atoms with E-state index in [4.69, 9.17) is 4.74 Å². The molecule has 0 aromatic rings. The predicted molar refractivity (Wildman–Crippen MR) is 91.4 cm³/mol. The van der Waals surface area contributed by atoms with E-state index in [1.54, 1.807) is 20.8 Å². The van der Waals surface area contributed by atoms with E-state index >= 15 is 0 Å². The third-order valence-corrected chi connectivity index (χ3v) is 3.74. The molecule has 0 aliphatic heterocycles. The SMILES string of the molecule is CC(C)(C)OC(=O)NCC(=O)NCCCNC(=O)C1CCCCC1. The number of carbonyl (C=O) groups is 3. The van der Waals surface area contributed by atoms with Crippen LogP contribution in [0.25, 0.3) is 0 Å². The average Bonchev–Trinajstić information content (AvgIpc) is 2.51. The summed E-state index contributed by atoms with van der Waals surface area (Å²) in [5, 5.41) is 8.01. The van der Waals surface area contributed by atoms with Crippen molar-refractivity contribution < 1.29 is 19.1 Å². The number of alkyl carbamates (subject to hydrolysis) is 1. The standard InChI is InChI=1S/C17H31N3O4/c1-17(2,3)24-16(23)20-12-14(21)18-10-7-11-19-15(22)13-8-5-4-6-9-13/h13H,4-12H2,1-3H3,(H,18,21)(H,19,22)(H,20,23). The lowest BCUT2D eigenvalue weighted by Crippen LogP contribution is -2.40. The summed E-state index contributed by atoms with van der Waals surface area (Å²) >= 11 is 0. The molecule has 0 heterocycles. The maximum absolute atomic E-state index is 11.9. The van der Waals surface area contributed by atoms with Gasteiger partial charge >= 0.3 is 6.09 Å². The molecule has 1 saturated carbocycles. The Morgan fingerprint density at radius 1 is 0.958 bits per heavy atom. The minimum atomic E-state index is -0.614. The molecule has 3 N–H and O–H groups in total. The van der Waals surface area contributed by atoms with E-state index < -0.39 is 11.7 Å². The van der Waals surface area contributed by atoms with Gasteiger partial charge in [-0.05, 0) is 40.0 Å². The lowest BCUT2D eigenvalue weighted by atomic mass is 9.89. The monoisotopic (exact) mass is 341 g/mol. The van der Waals surface area contributed by atoms with Crippen LogP contribution in [0, 0.1) is 5.92 Å². The van der Waals surface area contributed by atoms with Gasteiger partial charge in [-0.1, -0.05) is 19.3 Å². The van der Waals surface area contributed by atoms with Crippen LogP contribution in [0.1, 0.15) is 59.3 Å². The molecular weight excluding hydrogens is 310 g/mol. The highest BCUT2D eigenvalue weighted by atomic mass is 16.6. The van der Waals surface area contributed by atoms with Crippen molar-refractivity contribution >= 4 is 17.9 Å². The zero-order chi connectivity index (χ0) is 18.0. The minimum Gasteiger partial charge on any atom is -0.444 e. The van der Waals surface area contributed by atoms with Crippen LogP contribution in [0.2, 0.25) is 0 Å². The number of nitrogens with one attached hydrogen (secondary N) is 3. The molecule has 0 aromatic carbocycles. The predicted octanol–water partition coefficient (Wildman–Crippen LogP) is 1.71. The quantitative estimate of drug-likeness (QED) is 0.614. The molecule has 0 atom stereocenters. The zero-order valence-corrected chi connectivity index (χ0v) is 15.1. The third-order valence-electron chi connectivity index (χ3n) is 3.74. The van der Waals surface area contributed by atoms with Gasteiger partial charge in [0.05, 0.1) is 6.54 Å². The number of carbonyl (C=O) groups excluding carboxylic acids is 3. The van der Waals surface area contributed by atoms with Gasteiger partial charge in [0.15, 0.2) is 0 Å². The number of ether oxygens (including phenoxy) is 1. The second-order valence-corrected chi connectivity index (χ2v) is 7.18. The Morgan fingerprint density at radius 2 is 1.58 bits per heavy atom. The Bertz CT molecular complexity index is 426. The zero-order valence-electron chi connectivity index (χ0n) is 15.1. The Kier molecular flexibility index (Phi) is 8.57. The molecule has 3 amide bonds. The van der Waals surface area contributed by atoms with Crippen molar-refractivity contribution in [3.05, 3.63) is 0 Å². The van der Waals surface area contributed by atoms with Gasteiger partial charge in [0.1, 0.15) is 5.60 Å². The summed E-state index contributed by atoms with van der Waals surface area (Å²) in [6.07, 6.45) is 5.52. The first kappa shape index (κ1) is 20.3.